The molecule has 1 aromatic heterocycles. The van der Waals surface area contributed by atoms with E-state index in [1.807, 2.05) is 0 Å². The average Bonchev–Trinajstić information content (AvgIpc) is 2.65. The Balaban J connectivity index is 2.41. The van der Waals surface area contributed by atoms with Gasteiger partial charge >= 0.3 is 0 Å². The highest BCUT2D eigenvalue weighted by molar-refractivity contribution is 7.98. The zero-order chi connectivity index (χ0) is 12.2. The van der Waals surface area contributed by atoms with Crippen molar-refractivity contribution in [3.63, 3.8) is 0 Å². The predicted molar refractivity (Wildman–Crippen MR) is 67.4 cm³/mol. The summed E-state index contributed by atoms with van der Waals surface area (Å²) in [6, 6.07) is 0. The molecule has 0 aliphatic heterocycles. The Morgan fingerprint density at radius 3 is 2.62 bits per heavy atom. The summed E-state index contributed by atoms with van der Waals surface area (Å²) < 4.78 is 5.21. The van der Waals surface area contributed by atoms with Crippen LogP contribution in [0.15, 0.2) is 4.52 Å². The Kier molecular flexibility index (Phi) is 4.80. The highest BCUT2D eigenvalue weighted by Crippen LogP contribution is 2.21. The third-order valence-corrected chi connectivity index (χ3v) is 3.41. The van der Waals surface area contributed by atoms with Gasteiger partial charge in [0.1, 0.15) is 0 Å². The van der Waals surface area contributed by atoms with E-state index in [-0.39, 0.29) is 5.41 Å². The first kappa shape index (κ1) is 13.5. The van der Waals surface area contributed by atoms with Gasteiger partial charge in [0.15, 0.2) is 5.82 Å². The first-order valence-corrected chi connectivity index (χ1v) is 6.70. The molecule has 1 rings (SSSR count). The van der Waals surface area contributed by atoms with Gasteiger partial charge in [0.05, 0.1) is 5.75 Å². The standard InChI is InChI=1S/C11H21N3OS/c1-8(5-12)6-16-7-9-13-10(15-14-9)11(2,3)4/h8H,5-7,12H2,1-4H3. The summed E-state index contributed by atoms with van der Waals surface area (Å²) in [4.78, 5) is 4.37. The summed E-state index contributed by atoms with van der Waals surface area (Å²) in [6.07, 6.45) is 0. The van der Waals surface area contributed by atoms with Crippen molar-refractivity contribution < 1.29 is 4.52 Å². The van der Waals surface area contributed by atoms with Gasteiger partial charge in [-0.05, 0) is 18.2 Å². The van der Waals surface area contributed by atoms with Crippen LogP contribution in [0.1, 0.15) is 39.4 Å². The Hall–Kier alpha value is -0.550. The van der Waals surface area contributed by atoms with Crippen molar-refractivity contribution in [2.24, 2.45) is 11.7 Å². The number of nitrogens with zero attached hydrogens (tertiary/aromatic N) is 2. The molecule has 0 saturated carbocycles. The molecule has 1 aromatic rings. The monoisotopic (exact) mass is 243 g/mol. The summed E-state index contributed by atoms with van der Waals surface area (Å²) >= 11 is 1.80. The second kappa shape index (κ2) is 5.68. The minimum Gasteiger partial charge on any atom is -0.339 e. The zero-order valence-electron chi connectivity index (χ0n) is 10.5. The molecule has 16 heavy (non-hydrogen) atoms. The van der Waals surface area contributed by atoms with Gasteiger partial charge in [-0.25, -0.2) is 0 Å². The van der Waals surface area contributed by atoms with Gasteiger partial charge in [0.2, 0.25) is 5.89 Å². The molecule has 0 spiro atoms. The summed E-state index contributed by atoms with van der Waals surface area (Å²) in [5.41, 5.74) is 5.48. The third kappa shape index (κ3) is 4.14. The van der Waals surface area contributed by atoms with Crippen LogP contribution in [0.3, 0.4) is 0 Å². The lowest BCUT2D eigenvalue weighted by Crippen LogP contribution is -2.13. The van der Waals surface area contributed by atoms with Gasteiger partial charge in [-0.3, -0.25) is 0 Å². The van der Waals surface area contributed by atoms with Gasteiger partial charge < -0.3 is 10.3 Å². The normalized spacial score (nSPS) is 14.1. The van der Waals surface area contributed by atoms with Crippen molar-refractivity contribution in [1.82, 2.24) is 10.1 Å². The minimum atomic E-state index is -0.0690. The van der Waals surface area contributed by atoms with Gasteiger partial charge in [-0.15, -0.1) is 0 Å². The van der Waals surface area contributed by atoms with E-state index in [2.05, 4.69) is 37.8 Å². The van der Waals surface area contributed by atoms with E-state index in [9.17, 15) is 0 Å². The highest BCUT2D eigenvalue weighted by atomic mass is 32.2. The topological polar surface area (TPSA) is 64.9 Å². The number of hydrogen-bond acceptors (Lipinski definition) is 5. The molecule has 1 heterocycles. The number of thioether (sulfide) groups is 1. The Morgan fingerprint density at radius 1 is 1.44 bits per heavy atom. The molecular formula is C11H21N3OS. The van der Waals surface area contributed by atoms with Crippen LogP contribution >= 0.6 is 11.8 Å². The molecule has 1 atom stereocenters. The summed E-state index contributed by atoms with van der Waals surface area (Å²) in [7, 11) is 0. The number of aromatic nitrogens is 2. The molecular weight excluding hydrogens is 222 g/mol. The second-order valence-corrected chi connectivity index (χ2v) is 6.15. The van der Waals surface area contributed by atoms with E-state index in [0.29, 0.717) is 11.8 Å². The SMILES string of the molecule is CC(CN)CSCc1noc(C(C)(C)C)n1. The first-order chi connectivity index (χ1) is 7.43. The van der Waals surface area contributed by atoms with Crippen LogP contribution in [0.25, 0.3) is 0 Å². The van der Waals surface area contributed by atoms with Crippen LogP contribution in [0.2, 0.25) is 0 Å². The van der Waals surface area contributed by atoms with Crippen LogP contribution in [0.5, 0.6) is 0 Å². The molecule has 0 bridgehead atoms. The Labute approximate surface area is 101 Å². The lowest BCUT2D eigenvalue weighted by molar-refractivity contribution is 0.319. The molecule has 0 saturated heterocycles. The Morgan fingerprint density at radius 2 is 2.12 bits per heavy atom. The van der Waals surface area contributed by atoms with Crippen LogP contribution in [-0.2, 0) is 11.2 Å². The summed E-state index contributed by atoms with van der Waals surface area (Å²) in [5.74, 6) is 3.85. The molecule has 2 N–H and O–H groups in total. The van der Waals surface area contributed by atoms with Crippen LogP contribution < -0.4 is 5.73 Å². The van der Waals surface area contributed by atoms with Crippen molar-refractivity contribution >= 4 is 11.8 Å². The Bertz CT molecular complexity index is 319. The second-order valence-electron chi connectivity index (χ2n) is 5.12. The van der Waals surface area contributed by atoms with E-state index in [1.54, 1.807) is 11.8 Å². The van der Waals surface area contributed by atoms with Crippen LogP contribution in [0, 0.1) is 5.92 Å². The first-order valence-electron chi connectivity index (χ1n) is 5.54. The van der Waals surface area contributed by atoms with E-state index < -0.39 is 0 Å². The largest absolute Gasteiger partial charge is 0.339 e. The maximum absolute atomic E-state index is 5.55. The fourth-order valence-corrected chi connectivity index (χ4v) is 1.99. The van der Waals surface area contributed by atoms with Crippen molar-refractivity contribution in [1.29, 1.82) is 0 Å². The van der Waals surface area contributed by atoms with Gasteiger partial charge in [-0.1, -0.05) is 32.9 Å². The van der Waals surface area contributed by atoms with Crippen molar-refractivity contribution in [3.05, 3.63) is 11.7 Å². The van der Waals surface area contributed by atoms with E-state index >= 15 is 0 Å². The molecule has 4 nitrogen and oxygen atoms in total. The summed E-state index contributed by atoms with van der Waals surface area (Å²) in [5, 5.41) is 3.97. The quantitative estimate of drug-likeness (QED) is 0.858. The fraction of sp³-hybridized carbons (Fsp3) is 0.818. The van der Waals surface area contributed by atoms with Crippen molar-refractivity contribution in [3.8, 4) is 0 Å². The molecule has 0 aliphatic carbocycles. The van der Waals surface area contributed by atoms with Gasteiger partial charge in [0, 0.05) is 5.41 Å². The fourth-order valence-electron chi connectivity index (χ4n) is 1.04. The van der Waals surface area contributed by atoms with Gasteiger partial charge in [-0.2, -0.15) is 16.7 Å². The molecule has 0 fully saturated rings. The molecule has 0 radical (unpaired) electrons. The molecule has 0 aliphatic rings. The van der Waals surface area contributed by atoms with Crippen LogP contribution in [0.4, 0.5) is 0 Å². The predicted octanol–water partition coefficient (Wildman–Crippen LogP) is 2.20. The van der Waals surface area contributed by atoms with Crippen molar-refractivity contribution in [2.75, 3.05) is 12.3 Å². The van der Waals surface area contributed by atoms with Crippen LogP contribution in [-0.4, -0.2) is 22.4 Å². The molecule has 1 unspecified atom stereocenters. The lowest BCUT2D eigenvalue weighted by atomic mass is 9.97. The number of rotatable bonds is 5. The maximum Gasteiger partial charge on any atom is 0.232 e. The van der Waals surface area contributed by atoms with E-state index in [1.165, 1.54) is 0 Å². The van der Waals surface area contributed by atoms with E-state index in [4.69, 9.17) is 10.3 Å². The molecule has 0 aromatic carbocycles. The van der Waals surface area contributed by atoms with Gasteiger partial charge in [0.25, 0.3) is 0 Å². The highest BCUT2D eigenvalue weighted by Gasteiger charge is 2.21. The van der Waals surface area contributed by atoms with Crippen molar-refractivity contribution in [2.45, 2.75) is 38.9 Å². The smallest absolute Gasteiger partial charge is 0.232 e. The number of nitrogens with two attached hydrogens (primary N) is 1. The summed E-state index contributed by atoms with van der Waals surface area (Å²) in [6.45, 7) is 9.06. The lowest BCUT2D eigenvalue weighted by Gasteiger charge is -2.10. The number of hydrogen-bond donors (Lipinski definition) is 1. The van der Waals surface area contributed by atoms with E-state index in [0.717, 1.165) is 23.9 Å². The maximum atomic E-state index is 5.55. The third-order valence-electron chi connectivity index (χ3n) is 2.15. The molecule has 0 amide bonds. The average molecular weight is 243 g/mol. The molecule has 5 heteroatoms. The minimum absolute atomic E-state index is 0.0690. The zero-order valence-corrected chi connectivity index (χ0v) is 11.3. The molecule has 92 valence electrons.